The number of aromatic nitrogens is 1. The van der Waals surface area contributed by atoms with Crippen molar-refractivity contribution in [3.05, 3.63) is 33.0 Å². The van der Waals surface area contributed by atoms with Gasteiger partial charge in [-0.3, -0.25) is 0 Å². The van der Waals surface area contributed by atoms with Crippen LogP contribution in [0.4, 0.5) is 5.13 Å². The molecule has 0 saturated heterocycles. The third-order valence-corrected chi connectivity index (χ3v) is 6.25. The lowest BCUT2D eigenvalue weighted by Gasteiger charge is -2.20. The van der Waals surface area contributed by atoms with E-state index in [2.05, 4.69) is 22.4 Å². The number of rotatable bonds is 4. The van der Waals surface area contributed by atoms with E-state index in [0.717, 1.165) is 19.4 Å². The fourth-order valence-corrected chi connectivity index (χ4v) is 4.79. The molecule has 1 fully saturated rings. The summed E-state index contributed by atoms with van der Waals surface area (Å²) < 4.78 is 0. The van der Waals surface area contributed by atoms with Crippen LogP contribution in [-0.2, 0) is 13.0 Å². The Hall–Kier alpha value is -0.910. The van der Waals surface area contributed by atoms with Gasteiger partial charge in [0.15, 0.2) is 5.13 Å². The quantitative estimate of drug-likeness (QED) is 0.936. The number of aryl methyl sites for hydroxylation is 1. The molecule has 0 bridgehead atoms. The standard InChI is InChI=1S/C15H19N3S2/c16-12-4-1-5-13-14(12)20-15(17-13)18(10-6-7-10)9-11-3-2-8-19-11/h2-3,8,10,12H,1,4-7,9,16H2. The summed E-state index contributed by atoms with van der Waals surface area (Å²) in [6.45, 7) is 1.00. The van der Waals surface area contributed by atoms with Crippen molar-refractivity contribution in [2.75, 3.05) is 4.90 Å². The van der Waals surface area contributed by atoms with E-state index >= 15 is 0 Å². The highest BCUT2D eigenvalue weighted by Crippen LogP contribution is 2.41. The molecule has 2 heterocycles. The molecular formula is C15H19N3S2. The molecule has 2 aliphatic carbocycles. The molecule has 1 unspecified atom stereocenters. The van der Waals surface area contributed by atoms with E-state index in [1.807, 2.05) is 22.7 Å². The molecular weight excluding hydrogens is 286 g/mol. The Morgan fingerprint density at radius 2 is 2.25 bits per heavy atom. The van der Waals surface area contributed by atoms with Crippen LogP contribution in [0.2, 0.25) is 0 Å². The Morgan fingerprint density at radius 1 is 1.35 bits per heavy atom. The van der Waals surface area contributed by atoms with Gasteiger partial charge in [0, 0.05) is 21.8 Å². The number of thiophene rings is 1. The second-order valence-electron chi connectivity index (χ2n) is 5.74. The minimum absolute atomic E-state index is 0.216. The molecule has 4 rings (SSSR count). The highest BCUT2D eigenvalue weighted by molar-refractivity contribution is 7.15. The van der Waals surface area contributed by atoms with Gasteiger partial charge in [0.05, 0.1) is 12.2 Å². The van der Waals surface area contributed by atoms with E-state index in [0.29, 0.717) is 6.04 Å². The van der Waals surface area contributed by atoms with Crippen molar-refractivity contribution in [2.45, 2.75) is 50.7 Å². The average Bonchev–Trinajstić information content (AvgIpc) is 2.99. The molecule has 0 aromatic carbocycles. The van der Waals surface area contributed by atoms with Crippen LogP contribution in [0.5, 0.6) is 0 Å². The summed E-state index contributed by atoms with van der Waals surface area (Å²) in [7, 11) is 0. The van der Waals surface area contributed by atoms with Gasteiger partial charge in [-0.15, -0.1) is 11.3 Å². The van der Waals surface area contributed by atoms with Crippen molar-refractivity contribution in [1.82, 2.24) is 4.98 Å². The predicted molar refractivity (Wildman–Crippen MR) is 85.5 cm³/mol. The SMILES string of the molecule is NC1CCCc2nc(N(Cc3cccs3)C3CC3)sc21. The molecule has 0 amide bonds. The van der Waals surface area contributed by atoms with Crippen molar-refractivity contribution < 1.29 is 0 Å². The first-order valence-corrected chi connectivity index (χ1v) is 9.05. The first-order valence-electron chi connectivity index (χ1n) is 7.35. The van der Waals surface area contributed by atoms with Gasteiger partial charge in [-0.05, 0) is 43.6 Å². The van der Waals surface area contributed by atoms with Crippen LogP contribution in [0.15, 0.2) is 17.5 Å². The van der Waals surface area contributed by atoms with E-state index in [1.165, 1.54) is 39.8 Å². The molecule has 2 aromatic rings. The zero-order valence-corrected chi connectivity index (χ0v) is 13.1. The molecule has 2 N–H and O–H groups in total. The van der Waals surface area contributed by atoms with Crippen LogP contribution in [0.1, 0.15) is 47.2 Å². The molecule has 0 aliphatic heterocycles. The zero-order valence-electron chi connectivity index (χ0n) is 11.4. The summed E-state index contributed by atoms with van der Waals surface area (Å²) in [4.78, 5) is 10.2. The Bertz CT molecular complexity index is 586. The molecule has 3 nitrogen and oxygen atoms in total. The summed E-state index contributed by atoms with van der Waals surface area (Å²) >= 11 is 3.67. The molecule has 2 aromatic heterocycles. The average molecular weight is 305 g/mol. The van der Waals surface area contributed by atoms with Crippen molar-refractivity contribution in [2.24, 2.45) is 5.73 Å². The Kier molecular flexibility index (Phi) is 3.28. The van der Waals surface area contributed by atoms with Gasteiger partial charge in [-0.2, -0.15) is 0 Å². The maximum Gasteiger partial charge on any atom is 0.186 e. The van der Waals surface area contributed by atoms with E-state index in [9.17, 15) is 0 Å². The van der Waals surface area contributed by atoms with Crippen molar-refractivity contribution in [3.8, 4) is 0 Å². The monoisotopic (exact) mass is 305 g/mol. The Labute approximate surface area is 127 Å². The topological polar surface area (TPSA) is 42.1 Å². The molecule has 106 valence electrons. The van der Waals surface area contributed by atoms with Crippen LogP contribution in [-0.4, -0.2) is 11.0 Å². The lowest BCUT2D eigenvalue weighted by atomic mass is 9.99. The van der Waals surface area contributed by atoms with Gasteiger partial charge in [0.25, 0.3) is 0 Å². The molecule has 1 saturated carbocycles. The number of anilines is 1. The third kappa shape index (κ3) is 2.38. The first-order chi connectivity index (χ1) is 9.81. The van der Waals surface area contributed by atoms with Crippen LogP contribution < -0.4 is 10.6 Å². The summed E-state index contributed by atoms with van der Waals surface area (Å²) in [5, 5.41) is 3.35. The van der Waals surface area contributed by atoms with Gasteiger partial charge in [0.2, 0.25) is 0 Å². The minimum atomic E-state index is 0.216. The molecule has 0 radical (unpaired) electrons. The third-order valence-electron chi connectivity index (χ3n) is 4.12. The van der Waals surface area contributed by atoms with Crippen LogP contribution >= 0.6 is 22.7 Å². The second-order valence-corrected chi connectivity index (χ2v) is 7.79. The second kappa shape index (κ2) is 5.13. The van der Waals surface area contributed by atoms with E-state index in [4.69, 9.17) is 10.7 Å². The number of nitrogens with zero attached hydrogens (tertiary/aromatic N) is 2. The molecule has 1 atom stereocenters. The van der Waals surface area contributed by atoms with Gasteiger partial charge in [-0.25, -0.2) is 4.98 Å². The van der Waals surface area contributed by atoms with E-state index in [-0.39, 0.29) is 6.04 Å². The highest BCUT2D eigenvalue weighted by atomic mass is 32.1. The smallest absolute Gasteiger partial charge is 0.186 e. The van der Waals surface area contributed by atoms with E-state index < -0.39 is 0 Å². The zero-order chi connectivity index (χ0) is 13.5. The summed E-state index contributed by atoms with van der Waals surface area (Å²) in [5.41, 5.74) is 7.51. The minimum Gasteiger partial charge on any atom is -0.340 e. The van der Waals surface area contributed by atoms with Gasteiger partial charge < -0.3 is 10.6 Å². The fourth-order valence-electron chi connectivity index (χ4n) is 2.87. The highest BCUT2D eigenvalue weighted by Gasteiger charge is 2.33. The Morgan fingerprint density at radius 3 is 2.95 bits per heavy atom. The van der Waals surface area contributed by atoms with Crippen LogP contribution in [0, 0.1) is 0 Å². The molecule has 20 heavy (non-hydrogen) atoms. The number of nitrogens with two attached hydrogens (primary N) is 1. The maximum absolute atomic E-state index is 6.24. The van der Waals surface area contributed by atoms with E-state index in [1.54, 1.807) is 0 Å². The number of hydrogen-bond donors (Lipinski definition) is 1. The fraction of sp³-hybridized carbons (Fsp3) is 0.533. The largest absolute Gasteiger partial charge is 0.340 e. The summed E-state index contributed by atoms with van der Waals surface area (Å²) in [6.07, 6.45) is 6.02. The van der Waals surface area contributed by atoms with Crippen molar-refractivity contribution >= 4 is 27.8 Å². The van der Waals surface area contributed by atoms with Crippen LogP contribution in [0.3, 0.4) is 0 Å². The molecule has 5 heteroatoms. The number of thiazole rings is 1. The summed E-state index contributed by atoms with van der Waals surface area (Å²) in [5.74, 6) is 0. The molecule has 2 aliphatic rings. The predicted octanol–water partition coefficient (Wildman–Crippen LogP) is 3.71. The van der Waals surface area contributed by atoms with Gasteiger partial charge in [-0.1, -0.05) is 17.4 Å². The lowest BCUT2D eigenvalue weighted by molar-refractivity contribution is 0.573. The summed E-state index contributed by atoms with van der Waals surface area (Å²) in [6, 6.07) is 5.27. The van der Waals surface area contributed by atoms with Gasteiger partial charge in [0.1, 0.15) is 0 Å². The van der Waals surface area contributed by atoms with Crippen molar-refractivity contribution in [1.29, 1.82) is 0 Å². The maximum atomic E-state index is 6.24. The number of hydrogen-bond acceptors (Lipinski definition) is 5. The number of fused-ring (bicyclic) bond motifs is 1. The normalized spacial score (nSPS) is 21.8. The van der Waals surface area contributed by atoms with Crippen molar-refractivity contribution in [3.63, 3.8) is 0 Å². The Balaban J connectivity index is 1.63. The molecule has 0 spiro atoms. The first kappa shape index (κ1) is 12.8. The van der Waals surface area contributed by atoms with Gasteiger partial charge >= 0.3 is 0 Å². The lowest BCUT2D eigenvalue weighted by Crippen LogP contribution is -2.24. The van der Waals surface area contributed by atoms with Crippen LogP contribution in [0.25, 0.3) is 0 Å².